The number of nitrogens with one attached hydrogen (secondary N) is 2. The largest absolute Gasteiger partial charge is 0.364 e. The van der Waals surface area contributed by atoms with E-state index in [0.717, 1.165) is 0 Å². The van der Waals surface area contributed by atoms with Crippen LogP contribution in [0.4, 0.5) is 20.6 Å². The van der Waals surface area contributed by atoms with Crippen LogP contribution in [-0.2, 0) is 6.54 Å². The molecule has 0 radical (unpaired) electrons. The first-order valence-electron chi connectivity index (χ1n) is 10.4. The lowest BCUT2D eigenvalue weighted by Gasteiger charge is -2.12. The third-order valence-corrected chi connectivity index (χ3v) is 5.52. The minimum Gasteiger partial charge on any atom is -0.364 e. The van der Waals surface area contributed by atoms with Crippen LogP contribution >= 0.6 is 23.2 Å². The minimum atomic E-state index is -0.707. The molecule has 4 rings (SSSR count). The Morgan fingerprint density at radius 1 is 1.03 bits per heavy atom. The summed E-state index contributed by atoms with van der Waals surface area (Å²) in [5, 5.41) is 10.3. The maximum atomic E-state index is 15.7. The highest BCUT2D eigenvalue weighted by Gasteiger charge is 2.21. The lowest BCUT2D eigenvalue weighted by Crippen LogP contribution is -2.20. The first kappa shape index (κ1) is 24.2. The quantitative estimate of drug-likeness (QED) is 0.301. The zero-order valence-electron chi connectivity index (χ0n) is 18.3. The summed E-state index contributed by atoms with van der Waals surface area (Å²) in [6.07, 6.45) is 3.08. The van der Waals surface area contributed by atoms with Crippen molar-refractivity contribution in [1.29, 1.82) is 0 Å². The van der Waals surface area contributed by atoms with Gasteiger partial charge >= 0.3 is 6.03 Å². The summed E-state index contributed by atoms with van der Waals surface area (Å²) in [6, 6.07) is 11.7. The normalized spacial score (nSPS) is 10.7. The molecule has 11 heteroatoms. The molecule has 3 amide bonds. The molecule has 0 aliphatic rings. The SMILES string of the molecule is CCn1cc(-c2cc(Cl)cc(NC(=O)Nc3ccc(Cl)cc3)c2F)c(-c2ccnc(C(N)=O)c2)n1. The van der Waals surface area contributed by atoms with Crippen LogP contribution in [0.5, 0.6) is 0 Å². The first-order valence-corrected chi connectivity index (χ1v) is 11.2. The van der Waals surface area contributed by atoms with Crippen LogP contribution < -0.4 is 16.4 Å². The molecule has 0 saturated heterocycles. The van der Waals surface area contributed by atoms with E-state index in [9.17, 15) is 9.59 Å². The molecule has 2 aromatic heterocycles. The van der Waals surface area contributed by atoms with Gasteiger partial charge in [0.25, 0.3) is 5.91 Å². The van der Waals surface area contributed by atoms with E-state index in [2.05, 4.69) is 20.7 Å². The van der Waals surface area contributed by atoms with Crippen molar-refractivity contribution >= 4 is 46.5 Å². The van der Waals surface area contributed by atoms with Gasteiger partial charge in [-0.05, 0) is 55.5 Å². The van der Waals surface area contributed by atoms with E-state index >= 15 is 4.39 Å². The number of rotatable bonds is 6. The molecule has 0 bridgehead atoms. The van der Waals surface area contributed by atoms with E-state index in [1.807, 2.05) is 6.92 Å². The van der Waals surface area contributed by atoms with Crippen molar-refractivity contribution < 1.29 is 14.0 Å². The molecular weight excluding hydrogens is 494 g/mol. The van der Waals surface area contributed by atoms with Gasteiger partial charge in [-0.1, -0.05) is 23.2 Å². The number of hydrogen-bond acceptors (Lipinski definition) is 4. The van der Waals surface area contributed by atoms with E-state index < -0.39 is 17.8 Å². The lowest BCUT2D eigenvalue weighted by atomic mass is 10.0. The Balaban J connectivity index is 1.72. The van der Waals surface area contributed by atoms with Gasteiger partial charge in [-0.2, -0.15) is 5.10 Å². The first-order chi connectivity index (χ1) is 16.7. The zero-order valence-corrected chi connectivity index (χ0v) is 19.9. The van der Waals surface area contributed by atoms with Gasteiger partial charge in [-0.15, -0.1) is 0 Å². The number of pyridine rings is 1. The van der Waals surface area contributed by atoms with Crippen molar-refractivity contribution in [3.8, 4) is 22.4 Å². The molecule has 8 nitrogen and oxygen atoms in total. The molecule has 35 heavy (non-hydrogen) atoms. The number of carbonyl (C=O) groups excluding carboxylic acids is 2. The van der Waals surface area contributed by atoms with E-state index in [0.29, 0.717) is 34.1 Å². The number of aromatic nitrogens is 3. The van der Waals surface area contributed by atoms with Crippen molar-refractivity contribution in [2.45, 2.75) is 13.5 Å². The van der Waals surface area contributed by atoms with E-state index in [4.69, 9.17) is 28.9 Å². The molecule has 0 spiro atoms. The Hall–Kier alpha value is -3.95. The predicted molar refractivity (Wildman–Crippen MR) is 134 cm³/mol. The van der Waals surface area contributed by atoms with E-state index in [1.54, 1.807) is 41.2 Å². The second-order valence-electron chi connectivity index (χ2n) is 7.44. The lowest BCUT2D eigenvalue weighted by molar-refractivity contribution is 0.0995. The number of nitrogens with two attached hydrogens (primary N) is 1. The van der Waals surface area contributed by atoms with E-state index in [1.165, 1.54) is 24.4 Å². The number of nitrogens with zero attached hydrogens (tertiary/aromatic N) is 3. The molecule has 0 unspecified atom stereocenters. The second kappa shape index (κ2) is 10.1. The molecule has 4 aromatic rings. The molecule has 2 heterocycles. The number of aryl methyl sites for hydroxylation is 1. The van der Waals surface area contributed by atoms with Crippen molar-refractivity contribution in [3.63, 3.8) is 0 Å². The average molecular weight is 513 g/mol. The monoisotopic (exact) mass is 512 g/mol. The summed E-state index contributed by atoms with van der Waals surface area (Å²) >= 11 is 12.1. The summed E-state index contributed by atoms with van der Waals surface area (Å²) in [4.78, 5) is 28.0. The van der Waals surface area contributed by atoms with Crippen LogP contribution in [0, 0.1) is 5.82 Å². The highest BCUT2D eigenvalue weighted by Crippen LogP contribution is 2.37. The molecule has 4 N–H and O–H groups in total. The summed E-state index contributed by atoms with van der Waals surface area (Å²) in [5.41, 5.74) is 7.20. The summed E-state index contributed by atoms with van der Waals surface area (Å²) < 4.78 is 17.3. The third kappa shape index (κ3) is 5.42. The number of urea groups is 1. The maximum absolute atomic E-state index is 15.7. The van der Waals surface area contributed by atoms with E-state index in [-0.39, 0.29) is 22.0 Å². The topological polar surface area (TPSA) is 115 Å². The van der Waals surface area contributed by atoms with Gasteiger partial charge in [0, 0.05) is 51.4 Å². The Labute approximate surface area is 209 Å². The summed E-state index contributed by atoms with van der Waals surface area (Å²) in [7, 11) is 0. The number of amides is 3. The number of hydrogen-bond donors (Lipinski definition) is 3. The molecule has 0 fully saturated rings. The highest BCUT2D eigenvalue weighted by atomic mass is 35.5. The Morgan fingerprint density at radius 2 is 1.77 bits per heavy atom. The van der Waals surface area contributed by atoms with Gasteiger partial charge in [0.05, 0.1) is 5.69 Å². The molecule has 2 aromatic carbocycles. The van der Waals surface area contributed by atoms with Crippen LogP contribution in [0.15, 0.2) is 60.9 Å². The van der Waals surface area contributed by atoms with Crippen LogP contribution in [-0.4, -0.2) is 26.7 Å². The maximum Gasteiger partial charge on any atom is 0.323 e. The van der Waals surface area contributed by atoms with Crippen molar-refractivity contribution in [3.05, 3.63) is 82.5 Å². The number of halogens is 3. The highest BCUT2D eigenvalue weighted by molar-refractivity contribution is 6.31. The smallest absolute Gasteiger partial charge is 0.323 e. The summed E-state index contributed by atoms with van der Waals surface area (Å²) in [5.74, 6) is -1.41. The van der Waals surface area contributed by atoms with Gasteiger partial charge < -0.3 is 16.4 Å². The van der Waals surface area contributed by atoms with Crippen LogP contribution in [0.1, 0.15) is 17.4 Å². The fourth-order valence-electron chi connectivity index (χ4n) is 3.40. The van der Waals surface area contributed by atoms with Crippen LogP contribution in [0.2, 0.25) is 10.0 Å². The Kier molecular flexibility index (Phi) is 6.99. The Morgan fingerprint density at radius 3 is 2.46 bits per heavy atom. The summed E-state index contributed by atoms with van der Waals surface area (Å²) in [6.45, 7) is 2.39. The van der Waals surface area contributed by atoms with Gasteiger partial charge in [-0.25, -0.2) is 9.18 Å². The van der Waals surface area contributed by atoms with Gasteiger partial charge in [0.1, 0.15) is 11.4 Å². The zero-order chi connectivity index (χ0) is 25.1. The number of benzene rings is 2. The fraction of sp³-hybridized carbons (Fsp3) is 0.0833. The second-order valence-corrected chi connectivity index (χ2v) is 8.31. The number of primary amides is 1. The van der Waals surface area contributed by atoms with Crippen molar-refractivity contribution in [1.82, 2.24) is 14.8 Å². The number of anilines is 2. The average Bonchev–Trinajstić information content (AvgIpc) is 3.27. The number of carbonyl (C=O) groups is 2. The van der Waals surface area contributed by atoms with Gasteiger partial charge in [-0.3, -0.25) is 14.5 Å². The molecule has 0 aliphatic carbocycles. The Bertz CT molecular complexity index is 1420. The molecular formula is C24H19Cl2FN6O2. The van der Waals surface area contributed by atoms with Gasteiger partial charge in [0.15, 0.2) is 5.82 Å². The third-order valence-electron chi connectivity index (χ3n) is 5.05. The standard InChI is InChI=1S/C24H19Cl2FN6O2/c1-2-33-12-18(22(32-33)13-7-8-29-20(9-13)23(28)34)17-10-15(26)11-19(21(17)27)31-24(35)30-16-5-3-14(25)4-6-16/h3-12H,2H2,1H3,(H2,28,34)(H2,30,31,35). The van der Waals surface area contributed by atoms with Crippen molar-refractivity contribution in [2.75, 3.05) is 10.6 Å². The minimum absolute atomic E-state index is 0.0484. The van der Waals surface area contributed by atoms with Crippen LogP contribution in [0.25, 0.3) is 22.4 Å². The van der Waals surface area contributed by atoms with Crippen LogP contribution in [0.3, 0.4) is 0 Å². The molecule has 178 valence electrons. The van der Waals surface area contributed by atoms with Crippen molar-refractivity contribution in [2.24, 2.45) is 5.73 Å². The molecule has 0 aliphatic heterocycles. The molecule has 0 atom stereocenters. The predicted octanol–water partition coefficient (Wildman–Crippen LogP) is 5.82. The van der Waals surface area contributed by atoms with Gasteiger partial charge in [0.2, 0.25) is 0 Å². The fourth-order valence-corrected chi connectivity index (χ4v) is 3.74. The molecule has 0 saturated carbocycles.